The third-order valence-electron chi connectivity index (χ3n) is 14.4. The Hall–Kier alpha value is -4.91. The van der Waals surface area contributed by atoms with E-state index < -0.39 is 18.3 Å². The van der Waals surface area contributed by atoms with Gasteiger partial charge in [0.05, 0.1) is 0 Å². The van der Waals surface area contributed by atoms with Crippen LogP contribution in [0, 0.1) is 0 Å². The van der Waals surface area contributed by atoms with Crippen LogP contribution < -0.4 is 3.27 Å². The van der Waals surface area contributed by atoms with Gasteiger partial charge in [-0.05, 0) is 0 Å². The van der Waals surface area contributed by atoms with Gasteiger partial charge in [-0.25, -0.2) is 0 Å². The molecule has 0 heterocycles. The zero-order chi connectivity index (χ0) is 42.9. The molecule has 0 spiro atoms. The van der Waals surface area contributed by atoms with Crippen molar-refractivity contribution in [1.82, 2.24) is 0 Å². The maximum atomic E-state index is 6.13. The zero-order valence-electron chi connectivity index (χ0n) is 38.2. The molecular weight excluding hydrogens is 895 g/mol. The average molecular weight is 955 g/mol. The van der Waals surface area contributed by atoms with Gasteiger partial charge >= 0.3 is 373 Å². The monoisotopic (exact) mass is 952 g/mol. The van der Waals surface area contributed by atoms with Crippen molar-refractivity contribution in [2.45, 2.75) is 73.5 Å². The van der Waals surface area contributed by atoms with Crippen molar-refractivity contribution in [2.24, 2.45) is 0 Å². The number of hydrogen-bond acceptors (Lipinski definition) is 0. The quantitative estimate of drug-likeness (QED) is 0.142. The second-order valence-corrected chi connectivity index (χ2v) is 34.6. The molecule has 0 N–H and O–H groups in total. The molecule has 0 unspecified atom stereocenters. The van der Waals surface area contributed by atoms with E-state index in [9.17, 15) is 0 Å². The second-order valence-electron chi connectivity index (χ2n) is 20.6. The van der Waals surface area contributed by atoms with Gasteiger partial charge in [0.1, 0.15) is 0 Å². The molecule has 322 valence electrons. The molecule has 2 aliphatic carbocycles. The summed E-state index contributed by atoms with van der Waals surface area (Å²) in [5.74, 6) is 0. The van der Waals surface area contributed by atoms with Crippen LogP contribution in [0.4, 0.5) is 0 Å². The van der Waals surface area contributed by atoms with E-state index in [4.69, 9.17) is 4.21 Å². The minimum atomic E-state index is -5.08. The van der Waals surface area contributed by atoms with Gasteiger partial charge in [0.15, 0.2) is 0 Å². The van der Waals surface area contributed by atoms with Crippen LogP contribution in [0.3, 0.4) is 0 Å². The van der Waals surface area contributed by atoms with Crippen molar-refractivity contribution in [2.75, 3.05) is 0 Å². The predicted octanol–water partition coefficient (Wildman–Crippen LogP) is 16.3. The van der Waals surface area contributed by atoms with Crippen molar-refractivity contribution in [1.29, 1.82) is 0 Å². The summed E-state index contributed by atoms with van der Waals surface area (Å²) < 4.78 is 11.2. The summed E-state index contributed by atoms with van der Waals surface area (Å²) >= 11 is -5.08. The fraction of sp³-hybridized carbons (Fsp3) is 0.197. The van der Waals surface area contributed by atoms with Gasteiger partial charge < -0.3 is 0 Å². The summed E-state index contributed by atoms with van der Waals surface area (Å²) in [5.41, 5.74) is 16.6. The van der Waals surface area contributed by atoms with Crippen molar-refractivity contribution in [3.63, 3.8) is 0 Å². The molecule has 64 heavy (non-hydrogen) atoms. The topological polar surface area (TPSA) is 0 Å². The summed E-state index contributed by atoms with van der Waals surface area (Å²) in [6.45, 7) is 14.4. The first-order chi connectivity index (χ1) is 29.8. The van der Waals surface area contributed by atoms with Crippen LogP contribution in [-0.4, -0.2) is 4.21 Å². The van der Waals surface area contributed by atoms with Crippen LogP contribution >= 0.6 is 24.8 Å². The average Bonchev–Trinajstić information content (AvgIpc) is 3.95. The molecular formula is C61H60Cl2Zr. The molecule has 0 nitrogen and oxygen atoms in total. The van der Waals surface area contributed by atoms with E-state index >= 15 is 0 Å². The third-order valence-corrected chi connectivity index (χ3v) is 30.1. The van der Waals surface area contributed by atoms with Gasteiger partial charge in [0.25, 0.3) is 0 Å². The Morgan fingerprint density at radius 1 is 0.516 bits per heavy atom. The number of benzene rings is 8. The molecule has 0 saturated carbocycles. The Bertz CT molecular complexity index is 3090. The standard InChI is InChI=1S/C33H33.2C11H9.C5H5.CH2.2ClH.Zr/c1-32(2,3)30-20-26-24(18-28(30)22-13-9-7-10-14-22)17-25-19-29(23-15-11-8-12-16-23)31(21-27(25)26)33(4,5)6;2*1-9-5-4-7-10-6-2-3-8-11(9)10;1-2-4-5-3-1;;;;/h7-16,18,20-21H,17H2,1-6H3;2*2-8H,1H2;1-3H,4H2;1H2;2*1H;. The predicted molar refractivity (Wildman–Crippen MR) is 281 cm³/mol. The minimum absolute atomic E-state index is 0. The molecule has 10 rings (SSSR count). The van der Waals surface area contributed by atoms with Crippen LogP contribution in [0.25, 0.3) is 54.9 Å². The van der Waals surface area contributed by atoms with Crippen molar-refractivity contribution < 1.29 is 18.3 Å². The number of halogens is 2. The molecule has 0 saturated heterocycles. The Balaban J connectivity index is 0.00000280. The zero-order valence-corrected chi connectivity index (χ0v) is 42.3. The molecule has 0 radical (unpaired) electrons. The summed E-state index contributed by atoms with van der Waals surface area (Å²) in [4.78, 5) is 0. The molecule has 8 aromatic rings. The fourth-order valence-corrected chi connectivity index (χ4v) is 28.3. The molecule has 0 bridgehead atoms. The van der Waals surface area contributed by atoms with Gasteiger partial charge in [-0.15, -0.1) is 24.8 Å². The first-order valence-corrected chi connectivity index (χ1v) is 30.3. The van der Waals surface area contributed by atoms with E-state index in [0.717, 1.165) is 21.1 Å². The van der Waals surface area contributed by atoms with E-state index in [1.807, 2.05) is 0 Å². The van der Waals surface area contributed by atoms with Crippen LogP contribution in [0.5, 0.6) is 0 Å². The SMILES string of the molecule is Cl.Cl.[CH2]=[Zr]([CH2]c1cccc2ccccc12)([CH2]c1cccc2ccccc12)([C]1=CC=CC1)[c]1c2c(cc(C(C)(C)C)c1-c1ccccc1)-c1cc(C(C)(C)C)c(-c3ccccc3)cc1C2. The molecule has 0 aliphatic heterocycles. The summed E-state index contributed by atoms with van der Waals surface area (Å²) in [6, 6.07) is 62.4. The molecule has 8 aromatic carbocycles. The molecule has 0 fully saturated rings. The van der Waals surface area contributed by atoms with Crippen molar-refractivity contribution >= 4 is 53.8 Å². The number of fused-ring (bicyclic) bond motifs is 5. The van der Waals surface area contributed by atoms with E-state index in [0.29, 0.717) is 0 Å². The van der Waals surface area contributed by atoms with Gasteiger partial charge in [0.2, 0.25) is 0 Å². The summed E-state index contributed by atoms with van der Waals surface area (Å²) in [5, 5.41) is 5.29. The van der Waals surface area contributed by atoms with Crippen molar-refractivity contribution in [3.8, 4) is 33.4 Å². The van der Waals surface area contributed by atoms with Crippen LogP contribution in [0.1, 0.15) is 81.3 Å². The first kappa shape index (κ1) is 45.7. The second kappa shape index (κ2) is 17.1. The summed E-state index contributed by atoms with van der Waals surface area (Å²) in [7, 11) is 0. The maximum absolute atomic E-state index is 6.13. The Morgan fingerprint density at radius 2 is 1.02 bits per heavy atom. The fourth-order valence-electron chi connectivity index (χ4n) is 11.4. The molecule has 0 aromatic heterocycles. The van der Waals surface area contributed by atoms with E-state index in [1.165, 1.54) is 88.3 Å². The third kappa shape index (κ3) is 7.77. The Morgan fingerprint density at radius 3 is 1.55 bits per heavy atom. The molecule has 0 atom stereocenters. The number of hydrogen-bond donors (Lipinski definition) is 0. The Kier molecular flexibility index (Phi) is 12.2. The van der Waals surface area contributed by atoms with Crippen LogP contribution in [0.15, 0.2) is 185 Å². The van der Waals surface area contributed by atoms with Gasteiger partial charge in [-0.3, -0.25) is 0 Å². The molecule has 2 aliphatic rings. The van der Waals surface area contributed by atoms with Crippen LogP contribution in [0.2, 0.25) is 0 Å². The van der Waals surface area contributed by atoms with E-state index in [-0.39, 0.29) is 35.6 Å². The molecule has 0 amide bonds. The van der Waals surface area contributed by atoms with Crippen LogP contribution in [-0.2, 0) is 43.8 Å². The Labute approximate surface area is 394 Å². The summed E-state index contributed by atoms with van der Waals surface area (Å²) in [6.07, 6.45) is 9.10. The number of rotatable bonds is 8. The normalized spacial score (nSPS) is 13.6. The van der Waals surface area contributed by atoms with E-state index in [1.54, 1.807) is 6.55 Å². The molecule has 3 heteroatoms. The van der Waals surface area contributed by atoms with Gasteiger partial charge in [-0.2, -0.15) is 0 Å². The van der Waals surface area contributed by atoms with Gasteiger partial charge in [0, 0.05) is 0 Å². The van der Waals surface area contributed by atoms with Gasteiger partial charge in [-0.1, -0.05) is 0 Å². The van der Waals surface area contributed by atoms with E-state index in [2.05, 4.69) is 224 Å². The first-order valence-electron chi connectivity index (χ1n) is 22.6. The number of allylic oxidation sites excluding steroid dienone is 4. The van der Waals surface area contributed by atoms with Crippen molar-refractivity contribution in [3.05, 3.63) is 219 Å².